The minimum Gasteiger partial charge on any atom is -0.493 e. The Morgan fingerprint density at radius 2 is 1.66 bits per heavy atom. The highest BCUT2D eigenvalue weighted by atomic mass is 35.5. The lowest BCUT2D eigenvalue weighted by Crippen LogP contribution is -2.53. The summed E-state index contributed by atoms with van der Waals surface area (Å²) in [5.41, 5.74) is 4.00. The number of halogens is 1. The largest absolute Gasteiger partial charge is 0.493 e. The molecule has 0 bridgehead atoms. The highest BCUT2D eigenvalue weighted by molar-refractivity contribution is 6.32. The number of hydrogen-bond acceptors (Lipinski definition) is 4. The lowest BCUT2D eigenvalue weighted by atomic mass is 9.76. The van der Waals surface area contributed by atoms with Gasteiger partial charge in [0.1, 0.15) is 5.75 Å². The Labute approximate surface area is 230 Å². The van der Waals surface area contributed by atoms with Crippen LogP contribution in [0.2, 0.25) is 5.02 Å². The number of carbonyl (C=O) groups is 2. The minimum absolute atomic E-state index is 0.0371. The third-order valence-electron chi connectivity index (χ3n) is 8.67. The van der Waals surface area contributed by atoms with E-state index in [2.05, 4.69) is 12.1 Å². The highest BCUT2D eigenvalue weighted by Crippen LogP contribution is 2.38. The van der Waals surface area contributed by atoms with Crippen LogP contribution in [0.4, 0.5) is 0 Å². The second-order valence-electron chi connectivity index (χ2n) is 11.7. The quantitative estimate of drug-likeness (QED) is 0.577. The molecule has 1 aliphatic carbocycles. The van der Waals surface area contributed by atoms with E-state index in [9.17, 15) is 14.7 Å². The molecule has 0 saturated carbocycles. The van der Waals surface area contributed by atoms with E-state index in [1.165, 1.54) is 11.1 Å². The maximum atomic E-state index is 13.7. The first-order valence-electron chi connectivity index (χ1n) is 13.9. The van der Waals surface area contributed by atoms with Crippen LogP contribution in [0.15, 0.2) is 36.4 Å². The number of carbonyl (C=O) groups excluding carboxylic acids is 2. The Morgan fingerprint density at radius 1 is 1.03 bits per heavy atom. The van der Waals surface area contributed by atoms with Gasteiger partial charge in [0.05, 0.1) is 12.7 Å². The van der Waals surface area contributed by atoms with Gasteiger partial charge in [-0.2, -0.15) is 0 Å². The molecule has 6 nitrogen and oxygen atoms in total. The number of rotatable bonds is 6. The molecule has 2 amide bonds. The van der Waals surface area contributed by atoms with Crippen LogP contribution in [0.1, 0.15) is 54.4 Å². The molecule has 7 heteroatoms. The predicted molar refractivity (Wildman–Crippen MR) is 148 cm³/mol. The van der Waals surface area contributed by atoms with E-state index in [-0.39, 0.29) is 23.8 Å². The summed E-state index contributed by atoms with van der Waals surface area (Å²) in [6.45, 7) is 6.69. The molecule has 0 radical (unpaired) electrons. The fourth-order valence-electron chi connectivity index (χ4n) is 6.47. The van der Waals surface area contributed by atoms with Gasteiger partial charge in [0.25, 0.3) is 0 Å². The summed E-state index contributed by atoms with van der Waals surface area (Å²) in [5.74, 6) is 0.987. The van der Waals surface area contributed by atoms with Gasteiger partial charge in [-0.1, -0.05) is 35.9 Å². The van der Waals surface area contributed by atoms with Crippen LogP contribution < -0.4 is 4.74 Å². The number of aryl methyl sites for hydroxylation is 2. The monoisotopic (exact) mass is 538 g/mol. The molecule has 2 aromatic carbocycles. The second kappa shape index (κ2) is 11.3. The molecule has 5 rings (SSSR count). The molecule has 38 heavy (non-hydrogen) atoms. The summed E-state index contributed by atoms with van der Waals surface area (Å²) in [7, 11) is 0. The molecule has 2 saturated heterocycles. The van der Waals surface area contributed by atoms with Crippen molar-refractivity contribution >= 4 is 23.4 Å². The van der Waals surface area contributed by atoms with Gasteiger partial charge in [-0.25, -0.2) is 0 Å². The zero-order valence-electron chi connectivity index (χ0n) is 22.5. The number of aliphatic hydroxyl groups is 1. The molecule has 2 fully saturated rings. The molecule has 0 spiro atoms. The molecule has 0 unspecified atom stereocenters. The fourth-order valence-corrected chi connectivity index (χ4v) is 6.58. The van der Waals surface area contributed by atoms with Gasteiger partial charge in [0.15, 0.2) is 0 Å². The van der Waals surface area contributed by atoms with Crippen molar-refractivity contribution in [2.75, 3.05) is 32.8 Å². The van der Waals surface area contributed by atoms with E-state index in [1.807, 2.05) is 47.9 Å². The van der Waals surface area contributed by atoms with Crippen molar-refractivity contribution in [3.05, 3.63) is 63.7 Å². The number of ether oxygens (including phenoxy) is 1. The molecule has 2 heterocycles. The predicted octanol–water partition coefficient (Wildman–Crippen LogP) is 4.73. The van der Waals surface area contributed by atoms with Crippen molar-refractivity contribution in [1.82, 2.24) is 9.80 Å². The Kier molecular flexibility index (Phi) is 8.01. The second-order valence-corrected chi connectivity index (χ2v) is 12.1. The number of piperidine rings is 2. The van der Waals surface area contributed by atoms with Gasteiger partial charge in [0.2, 0.25) is 11.8 Å². The summed E-state index contributed by atoms with van der Waals surface area (Å²) in [4.78, 5) is 31.1. The van der Waals surface area contributed by atoms with Gasteiger partial charge < -0.3 is 19.6 Å². The van der Waals surface area contributed by atoms with Crippen molar-refractivity contribution in [2.45, 2.75) is 64.9 Å². The third-order valence-corrected chi connectivity index (χ3v) is 9.27. The van der Waals surface area contributed by atoms with Crippen molar-refractivity contribution in [3.8, 4) is 5.75 Å². The summed E-state index contributed by atoms with van der Waals surface area (Å²) < 4.78 is 6.37. The van der Waals surface area contributed by atoms with Crippen molar-refractivity contribution in [1.29, 1.82) is 0 Å². The average molecular weight is 539 g/mol. The van der Waals surface area contributed by atoms with Crippen LogP contribution in [0.25, 0.3) is 0 Å². The standard InChI is InChI=1S/C31H39ClN2O4/c1-21-14-27(15-22(2)29(21)32)38-20-31(18-28(36)33-12-8-26(35)9-13-33)10-5-11-34(19-31)30(37)25-16-23-6-3-4-7-24(23)17-25/h3-4,6-7,14-15,25-26,35H,5,8-13,16-20H2,1-2H3/t31-/m1/s1. The fraction of sp³-hybridized carbons (Fsp3) is 0.548. The number of aliphatic hydroxyl groups excluding tert-OH is 1. The SMILES string of the molecule is Cc1cc(OC[C@@]2(CC(=O)N3CCC(O)CC3)CCCN(C(=O)C3Cc4ccccc4C3)C2)cc(C)c1Cl. The van der Waals surface area contributed by atoms with E-state index in [4.69, 9.17) is 16.3 Å². The molecule has 0 aromatic heterocycles. The molecule has 1 atom stereocenters. The number of fused-ring (bicyclic) bond motifs is 1. The van der Waals surface area contributed by atoms with Crippen LogP contribution >= 0.6 is 11.6 Å². The summed E-state index contributed by atoms with van der Waals surface area (Å²) in [6.07, 6.45) is 4.49. The maximum absolute atomic E-state index is 13.7. The first-order valence-corrected chi connectivity index (χ1v) is 14.3. The average Bonchev–Trinajstić information content (AvgIpc) is 3.35. The molecule has 204 valence electrons. The highest BCUT2D eigenvalue weighted by Gasteiger charge is 2.43. The summed E-state index contributed by atoms with van der Waals surface area (Å²) >= 11 is 6.37. The molecule has 1 N–H and O–H groups in total. The van der Waals surface area contributed by atoms with Crippen LogP contribution in [-0.4, -0.2) is 65.6 Å². The molecule has 2 aliphatic heterocycles. The number of likely N-dealkylation sites (tertiary alicyclic amines) is 2. The van der Waals surface area contributed by atoms with Gasteiger partial charge in [-0.3, -0.25) is 9.59 Å². The van der Waals surface area contributed by atoms with E-state index in [0.717, 1.165) is 54.1 Å². The van der Waals surface area contributed by atoms with Crippen LogP contribution in [-0.2, 0) is 22.4 Å². The van der Waals surface area contributed by atoms with E-state index >= 15 is 0 Å². The van der Waals surface area contributed by atoms with Gasteiger partial charge >= 0.3 is 0 Å². The third kappa shape index (κ3) is 5.86. The number of hydrogen-bond donors (Lipinski definition) is 1. The minimum atomic E-state index is -0.464. The molecule has 3 aliphatic rings. The van der Waals surface area contributed by atoms with Crippen LogP contribution in [0.5, 0.6) is 5.75 Å². The van der Waals surface area contributed by atoms with Crippen LogP contribution in [0, 0.1) is 25.2 Å². The van der Waals surface area contributed by atoms with Crippen LogP contribution in [0.3, 0.4) is 0 Å². The zero-order valence-corrected chi connectivity index (χ0v) is 23.3. The first kappa shape index (κ1) is 27.0. The number of amides is 2. The molecule has 2 aromatic rings. The smallest absolute Gasteiger partial charge is 0.226 e. The normalized spacial score (nSPS) is 22.4. The van der Waals surface area contributed by atoms with Gasteiger partial charge in [-0.15, -0.1) is 0 Å². The Morgan fingerprint density at radius 3 is 2.29 bits per heavy atom. The van der Waals surface area contributed by atoms with E-state index in [0.29, 0.717) is 45.5 Å². The Hall–Kier alpha value is -2.57. The molecular formula is C31H39ClN2O4. The Balaban J connectivity index is 1.33. The van der Waals surface area contributed by atoms with Crippen molar-refractivity contribution in [2.24, 2.45) is 11.3 Å². The van der Waals surface area contributed by atoms with E-state index in [1.54, 1.807) is 0 Å². The number of benzene rings is 2. The Bertz CT molecular complexity index is 1140. The van der Waals surface area contributed by atoms with Gasteiger partial charge in [-0.05, 0) is 86.8 Å². The first-order chi connectivity index (χ1) is 18.2. The lowest BCUT2D eigenvalue weighted by molar-refractivity contribution is -0.144. The van der Waals surface area contributed by atoms with Gasteiger partial charge in [0, 0.05) is 49.0 Å². The topological polar surface area (TPSA) is 70.1 Å². The van der Waals surface area contributed by atoms with Crippen molar-refractivity contribution in [3.63, 3.8) is 0 Å². The van der Waals surface area contributed by atoms with Crippen molar-refractivity contribution < 1.29 is 19.4 Å². The number of nitrogens with zero attached hydrogens (tertiary/aromatic N) is 2. The van der Waals surface area contributed by atoms with E-state index < -0.39 is 5.41 Å². The summed E-state index contributed by atoms with van der Waals surface area (Å²) in [6, 6.07) is 12.2. The maximum Gasteiger partial charge on any atom is 0.226 e. The summed E-state index contributed by atoms with van der Waals surface area (Å²) in [5, 5.41) is 10.6. The zero-order chi connectivity index (χ0) is 26.9. The molecular weight excluding hydrogens is 500 g/mol. The lowest BCUT2D eigenvalue weighted by Gasteiger charge is -2.44.